The van der Waals surface area contributed by atoms with Crippen LogP contribution in [0.5, 0.6) is 0 Å². The summed E-state index contributed by atoms with van der Waals surface area (Å²) in [6.07, 6.45) is 0. The van der Waals surface area contributed by atoms with Crippen molar-refractivity contribution in [3.8, 4) is 6.07 Å². The van der Waals surface area contributed by atoms with E-state index < -0.39 is 27.6 Å². The van der Waals surface area contributed by atoms with Crippen LogP contribution in [0.1, 0.15) is 26.3 Å². The van der Waals surface area contributed by atoms with Crippen LogP contribution >= 0.6 is 0 Å². The molecule has 1 aliphatic heterocycles. The summed E-state index contributed by atoms with van der Waals surface area (Å²) in [5.74, 6) is -1.47. The first-order valence-electron chi connectivity index (χ1n) is 7.38. The Kier molecular flexibility index (Phi) is 4.25. The van der Waals surface area contributed by atoms with Crippen LogP contribution in [0, 0.1) is 11.3 Å². The van der Waals surface area contributed by atoms with E-state index >= 15 is 0 Å². The van der Waals surface area contributed by atoms with Crippen LogP contribution in [0.4, 0.5) is 5.69 Å². The molecule has 0 saturated carbocycles. The Balaban J connectivity index is 1.73. The van der Waals surface area contributed by atoms with Crippen molar-refractivity contribution in [3.63, 3.8) is 0 Å². The van der Waals surface area contributed by atoms with Gasteiger partial charge in [-0.15, -0.1) is 0 Å². The van der Waals surface area contributed by atoms with Gasteiger partial charge in [0.15, 0.2) is 0 Å². The van der Waals surface area contributed by atoms with Crippen LogP contribution in [0.25, 0.3) is 0 Å². The lowest BCUT2D eigenvalue weighted by Crippen LogP contribution is -2.35. The summed E-state index contributed by atoms with van der Waals surface area (Å²) in [4.78, 5) is 25.4. The third-order valence-corrected chi connectivity index (χ3v) is 5.03. The average Bonchev–Trinajstić information content (AvgIpc) is 2.85. The lowest BCUT2D eigenvalue weighted by Gasteiger charge is -2.15. The number of rotatable bonds is 5. The number of anilines is 1. The molecule has 8 heteroatoms. The minimum absolute atomic E-state index is 0.160. The highest BCUT2D eigenvalue weighted by molar-refractivity contribution is 7.92. The summed E-state index contributed by atoms with van der Waals surface area (Å²) >= 11 is 0. The number of hydrogen-bond donors (Lipinski definition) is 1. The summed E-state index contributed by atoms with van der Waals surface area (Å²) in [7, 11) is -3.84. The zero-order chi connectivity index (χ0) is 18.0. The van der Waals surface area contributed by atoms with Gasteiger partial charge in [-0.05, 0) is 24.3 Å². The number of fused-ring (bicyclic) bond motifs is 1. The number of nitriles is 1. The summed E-state index contributed by atoms with van der Waals surface area (Å²) in [6, 6.07) is 14.4. The van der Waals surface area contributed by atoms with Gasteiger partial charge < -0.3 is 0 Å². The van der Waals surface area contributed by atoms with Gasteiger partial charge in [0.2, 0.25) is 10.0 Å². The van der Waals surface area contributed by atoms with Gasteiger partial charge in [-0.2, -0.15) is 5.26 Å². The number of amides is 2. The minimum atomic E-state index is -3.84. The summed E-state index contributed by atoms with van der Waals surface area (Å²) in [5, 5.41) is 9.01. The fraction of sp³-hybridized carbons (Fsp3) is 0.118. The van der Waals surface area contributed by atoms with Crippen molar-refractivity contribution < 1.29 is 18.0 Å². The first-order valence-corrected chi connectivity index (χ1v) is 9.03. The smallest absolute Gasteiger partial charge is 0.261 e. The van der Waals surface area contributed by atoms with E-state index in [0.29, 0.717) is 0 Å². The zero-order valence-corrected chi connectivity index (χ0v) is 13.8. The van der Waals surface area contributed by atoms with Crippen LogP contribution in [0.3, 0.4) is 0 Å². The number of sulfonamides is 1. The molecular formula is C17H13N3O4S. The fourth-order valence-corrected chi connectivity index (χ4v) is 3.58. The van der Waals surface area contributed by atoms with E-state index in [9.17, 15) is 18.0 Å². The standard InChI is InChI=1S/C17H13N3O4S/c18-11-12-5-1-4-8-15(12)19-25(23,24)10-9-20-16(21)13-6-2-3-7-14(13)17(20)22/h1-8,19H,9-10H2. The van der Waals surface area contributed by atoms with Crippen molar-refractivity contribution in [1.29, 1.82) is 5.26 Å². The maximum Gasteiger partial charge on any atom is 0.261 e. The van der Waals surface area contributed by atoms with E-state index in [1.807, 2.05) is 6.07 Å². The SMILES string of the molecule is N#Cc1ccccc1NS(=O)(=O)CCN1C(=O)c2ccccc2C1=O. The van der Waals surface area contributed by atoms with E-state index in [4.69, 9.17) is 5.26 Å². The third-order valence-electron chi connectivity index (χ3n) is 3.77. The van der Waals surface area contributed by atoms with Gasteiger partial charge in [-0.3, -0.25) is 19.2 Å². The molecule has 1 N–H and O–H groups in total. The van der Waals surface area contributed by atoms with Gasteiger partial charge in [-0.25, -0.2) is 8.42 Å². The predicted molar refractivity (Wildman–Crippen MR) is 90.4 cm³/mol. The summed E-state index contributed by atoms with van der Waals surface area (Å²) < 4.78 is 26.8. The molecule has 0 unspecified atom stereocenters. The molecular weight excluding hydrogens is 342 g/mol. The normalized spacial score (nSPS) is 13.5. The molecule has 0 aliphatic carbocycles. The number of nitrogens with zero attached hydrogens (tertiary/aromatic N) is 2. The van der Waals surface area contributed by atoms with Gasteiger partial charge in [0.25, 0.3) is 11.8 Å². The van der Waals surface area contributed by atoms with E-state index in [0.717, 1.165) is 4.90 Å². The highest BCUT2D eigenvalue weighted by Gasteiger charge is 2.35. The van der Waals surface area contributed by atoms with Crippen LogP contribution in [-0.2, 0) is 10.0 Å². The third kappa shape index (κ3) is 3.22. The number of carbonyl (C=O) groups excluding carboxylic acids is 2. The topological polar surface area (TPSA) is 107 Å². The molecule has 25 heavy (non-hydrogen) atoms. The molecule has 0 bridgehead atoms. The minimum Gasteiger partial charge on any atom is -0.282 e. The van der Waals surface area contributed by atoms with E-state index in [2.05, 4.69) is 4.72 Å². The largest absolute Gasteiger partial charge is 0.282 e. The first-order chi connectivity index (χ1) is 11.9. The highest BCUT2D eigenvalue weighted by Crippen LogP contribution is 2.22. The Morgan fingerprint density at radius 3 is 2.12 bits per heavy atom. The fourth-order valence-electron chi connectivity index (χ4n) is 2.54. The number of hydrogen-bond acceptors (Lipinski definition) is 5. The van der Waals surface area contributed by atoms with Crippen molar-refractivity contribution in [3.05, 3.63) is 65.2 Å². The monoisotopic (exact) mass is 355 g/mol. The van der Waals surface area contributed by atoms with Crippen LogP contribution in [0.15, 0.2) is 48.5 Å². The van der Waals surface area contributed by atoms with Crippen molar-refractivity contribution in [2.24, 2.45) is 0 Å². The molecule has 7 nitrogen and oxygen atoms in total. The Labute approximate surface area is 144 Å². The second kappa shape index (κ2) is 6.37. The van der Waals surface area contributed by atoms with Crippen molar-refractivity contribution >= 4 is 27.5 Å². The van der Waals surface area contributed by atoms with Gasteiger partial charge in [0.1, 0.15) is 6.07 Å². The molecule has 2 amide bonds. The second-order valence-electron chi connectivity index (χ2n) is 5.39. The first kappa shape index (κ1) is 16.7. The molecule has 0 spiro atoms. The summed E-state index contributed by atoms with van der Waals surface area (Å²) in [5.41, 5.74) is 0.888. The molecule has 126 valence electrons. The van der Waals surface area contributed by atoms with E-state index in [1.165, 1.54) is 24.3 Å². The lowest BCUT2D eigenvalue weighted by molar-refractivity contribution is 0.0664. The zero-order valence-electron chi connectivity index (χ0n) is 13.0. The lowest BCUT2D eigenvalue weighted by atomic mass is 10.1. The molecule has 2 aromatic carbocycles. The second-order valence-corrected chi connectivity index (χ2v) is 7.23. The van der Waals surface area contributed by atoms with Gasteiger partial charge in [-0.1, -0.05) is 24.3 Å². The number of nitrogens with one attached hydrogen (secondary N) is 1. The van der Waals surface area contributed by atoms with Crippen molar-refractivity contribution in [2.45, 2.75) is 0 Å². The Bertz CT molecular complexity index is 974. The molecule has 1 aliphatic rings. The number of imide groups is 1. The van der Waals surface area contributed by atoms with Gasteiger partial charge in [0, 0.05) is 6.54 Å². The Morgan fingerprint density at radius 1 is 0.960 bits per heavy atom. The maximum absolute atomic E-state index is 12.2. The van der Waals surface area contributed by atoms with Crippen molar-refractivity contribution in [2.75, 3.05) is 17.0 Å². The number of para-hydroxylation sites is 1. The molecule has 0 atom stereocenters. The Hall–Kier alpha value is -3.18. The molecule has 0 radical (unpaired) electrons. The van der Waals surface area contributed by atoms with Crippen LogP contribution in [0.2, 0.25) is 0 Å². The predicted octanol–water partition coefficient (Wildman–Crippen LogP) is 1.60. The van der Waals surface area contributed by atoms with Gasteiger partial charge in [0.05, 0.1) is 28.1 Å². The van der Waals surface area contributed by atoms with Crippen LogP contribution in [-0.4, -0.2) is 37.4 Å². The van der Waals surface area contributed by atoms with Crippen LogP contribution < -0.4 is 4.72 Å². The molecule has 2 aromatic rings. The molecule has 0 aromatic heterocycles. The van der Waals surface area contributed by atoms with Gasteiger partial charge >= 0.3 is 0 Å². The quantitative estimate of drug-likeness (QED) is 0.820. The molecule has 0 saturated heterocycles. The molecule has 0 fully saturated rings. The van der Waals surface area contributed by atoms with E-state index in [1.54, 1.807) is 24.3 Å². The van der Waals surface area contributed by atoms with Crippen molar-refractivity contribution in [1.82, 2.24) is 4.90 Å². The maximum atomic E-state index is 12.2. The average molecular weight is 355 g/mol. The van der Waals surface area contributed by atoms with E-state index in [-0.39, 0.29) is 28.9 Å². The molecule has 3 rings (SSSR count). The number of carbonyl (C=O) groups is 2. The summed E-state index contributed by atoms with van der Waals surface area (Å²) in [6.45, 7) is -0.267. The molecule has 1 heterocycles. The number of benzene rings is 2. The Morgan fingerprint density at radius 2 is 1.52 bits per heavy atom. The highest BCUT2D eigenvalue weighted by atomic mass is 32.2.